The van der Waals surface area contributed by atoms with Gasteiger partial charge in [0.15, 0.2) is 0 Å². The molecule has 13 heteroatoms. The Labute approximate surface area is 308 Å². The lowest BCUT2D eigenvalue weighted by Crippen LogP contribution is -2.41. The first-order valence-electron chi connectivity index (χ1n) is 17.2. The minimum atomic E-state index is -0.474. The van der Waals surface area contributed by atoms with Crippen molar-refractivity contribution in [2.75, 3.05) is 29.7 Å². The molecule has 6 rings (SSSR count). The topological polar surface area (TPSA) is 157 Å². The summed E-state index contributed by atoms with van der Waals surface area (Å²) in [6.45, 7) is 8.96. The first kappa shape index (κ1) is 36.5. The van der Waals surface area contributed by atoms with Gasteiger partial charge in [0, 0.05) is 61.0 Å². The van der Waals surface area contributed by atoms with Gasteiger partial charge in [0.05, 0.1) is 23.3 Å². The number of carbonyl (C=O) groups excluding carboxylic acids is 2. The van der Waals surface area contributed by atoms with E-state index in [2.05, 4.69) is 57.0 Å². The van der Waals surface area contributed by atoms with Crippen LogP contribution in [0.4, 0.5) is 22.1 Å². The van der Waals surface area contributed by atoms with Gasteiger partial charge in [0.25, 0.3) is 5.91 Å². The Balaban J connectivity index is 1.14. The minimum Gasteiger partial charge on any atom is -0.488 e. The quantitative estimate of drug-likeness (QED) is 0.0906. The highest BCUT2D eigenvalue weighted by molar-refractivity contribution is 6.07. The van der Waals surface area contributed by atoms with Gasteiger partial charge in [-0.1, -0.05) is 62.7 Å². The number of rotatable bonds is 13. The van der Waals surface area contributed by atoms with E-state index in [4.69, 9.17) is 14.6 Å². The van der Waals surface area contributed by atoms with E-state index >= 15 is 0 Å². The summed E-state index contributed by atoms with van der Waals surface area (Å²) in [6, 6.07) is 24.6. The van der Waals surface area contributed by atoms with E-state index in [-0.39, 0.29) is 23.6 Å². The van der Waals surface area contributed by atoms with E-state index in [9.17, 15) is 9.59 Å². The van der Waals surface area contributed by atoms with E-state index in [1.54, 1.807) is 18.0 Å². The molecule has 0 aliphatic rings. The van der Waals surface area contributed by atoms with E-state index in [1.807, 2.05) is 85.8 Å². The molecule has 3 amide bonds. The Morgan fingerprint density at radius 3 is 2.42 bits per heavy atom. The molecular weight excluding hydrogens is 670 g/mol. The maximum absolute atomic E-state index is 13.5. The molecule has 3 aromatic heterocycles. The van der Waals surface area contributed by atoms with Gasteiger partial charge in [0.1, 0.15) is 35.9 Å². The van der Waals surface area contributed by atoms with Gasteiger partial charge in [-0.3, -0.25) is 15.1 Å². The number of fused-ring (bicyclic) bond motifs is 1. The number of anilines is 3. The highest BCUT2D eigenvalue weighted by Crippen LogP contribution is 2.33. The Morgan fingerprint density at radius 1 is 0.887 bits per heavy atom. The number of aromatic nitrogens is 5. The molecule has 1 unspecified atom stereocenters. The molecule has 4 N–H and O–H groups in total. The van der Waals surface area contributed by atoms with Gasteiger partial charge in [-0.25, -0.2) is 19.4 Å². The largest absolute Gasteiger partial charge is 0.488 e. The number of methoxy groups -OCH3 is 1. The molecule has 0 radical (unpaired) electrons. The van der Waals surface area contributed by atoms with E-state index in [0.29, 0.717) is 36.1 Å². The molecule has 53 heavy (non-hydrogen) atoms. The maximum Gasteiger partial charge on any atom is 0.324 e. The van der Waals surface area contributed by atoms with Crippen LogP contribution >= 0.6 is 0 Å². The molecule has 0 saturated heterocycles. The van der Waals surface area contributed by atoms with Crippen molar-refractivity contribution in [3.8, 4) is 11.4 Å². The third-order valence-corrected chi connectivity index (χ3v) is 8.38. The van der Waals surface area contributed by atoms with Gasteiger partial charge >= 0.3 is 6.03 Å². The number of hydrogen-bond acceptors (Lipinski definition) is 9. The molecule has 0 fully saturated rings. The number of carbonyl (C=O) groups is 2. The average molecular weight is 714 g/mol. The Kier molecular flexibility index (Phi) is 11.2. The standard InChI is InChI=1S/C40H43N9O4/c1-26-10-12-28(13-11-26)49-37(23-34(48-49)40(2,3)4)47-39(51)44-31-14-15-33(30-9-7-6-8-29(30)31)53-25-27-16-18-43-36(22-27)45-35(17-21-52-5)46-38(50)32-24-41-19-20-42-32/h6-16,18-20,22-24,35H,17,21,25H2,1-5H3,(H,43,45)(H,46,50)(H2,44,47,51). The van der Waals surface area contributed by atoms with Crippen LogP contribution in [0.25, 0.3) is 16.5 Å². The van der Waals surface area contributed by atoms with E-state index in [0.717, 1.165) is 33.3 Å². The Hall–Kier alpha value is -6.34. The summed E-state index contributed by atoms with van der Waals surface area (Å²) in [6.07, 6.45) is 6.08. The number of nitrogens with one attached hydrogen (secondary N) is 4. The van der Waals surface area contributed by atoms with Gasteiger partial charge in [-0.05, 0) is 48.9 Å². The maximum atomic E-state index is 13.5. The molecule has 3 heterocycles. The molecule has 0 bridgehead atoms. The second kappa shape index (κ2) is 16.3. The lowest BCUT2D eigenvalue weighted by Gasteiger charge is -2.20. The second-order valence-electron chi connectivity index (χ2n) is 13.5. The van der Waals surface area contributed by atoms with Crippen LogP contribution in [-0.4, -0.2) is 56.6 Å². The van der Waals surface area contributed by atoms with Crippen LogP contribution in [0.1, 0.15) is 54.5 Å². The number of amides is 3. The fraction of sp³-hybridized carbons (Fsp3) is 0.250. The molecular formula is C40H43N9O4. The average Bonchev–Trinajstić information content (AvgIpc) is 3.58. The van der Waals surface area contributed by atoms with Crippen LogP contribution in [0.5, 0.6) is 5.75 Å². The van der Waals surface area contributed by atoms with Gasteiger partial charge in [0.2, 0.25) is 0 Å². The fourth-order valence-corrected chi connectivity index (χ4v) is 5.54. The molecule has 272 valence electrons. The molecule has 1 atom stereocenters. The molecule has 6 aromatic rings. The smallest absolute Gasteiger partial charge is 0.324 e. The molecule has 3 aromatic carbocycles. The third kappa shape index (κ3) is 9.32. The van der Waals surface area contributed by atoms with Crippen molar-refractivity contribution in [3.63, 3.8) is 0 Å². The summed E-state index contributed by atoms with van der Waals surface area (Å²) in [5.74, 6) is 1.40. The van der Waals surface area contributed by atoms with Crippen molar-refractivity contribution in [2.45, 2.75) is 52.3 Å². The number of ether oxygens (including phenoxy) is 2. The molecule has 0 saturated carbocycles. The fourth-order valence-electron chi connectivity index (χ4n) is 5.54. The summed E-state index contributed by atoms with van der Waals surface area (Å²) in [7, 11) is 1.60. The zero-order valence-electron chi connectivity index (χ0n) is 30.4. The van der Waals surface area contributed by atoms with Crippen LogP contribution in [0.3, 0.4) is 0 Å². The third-order valence-electron chi connectivity index (χ3n) is 8.38. The number of benzene rings is 3. The van der Waals surface area contributed by atoms with Gasteiger partial charge in [-0.15, -0.1) is 0 Å². The van der Waals surface area contributed by atoms with Crippen molar-refractivity contribution in [2.24, 2.45) is 0 Å². The number of pyridine rings is 1. The lowest BCUT2D eigenvalue weighted by molar-refractivity contribution is 0.0926. The van der Waals surface area contributed by atoms with Crippen molar-refractivity contribution < 1.29 is 19.1 Å². The van der Waals surface area contributed by atoms with Crippen LogP contribution in [0, 0.1) is 6.92 Å². The summed E-state index contributed by atoms with van der Waals surface area (Å²) >= 11 is 0. The minimum absolute atomic E-state index is 0.209. The predicted octanol–water partition coefficient (Wildman–Crippen LogP) is 7.24. The van der Waals surface area contributed by atoms with E-state index in [1.165, 1.54) is 18.6 Å². The first-order chi connectivity index (χ1) is 25.6. The van der Waals surface area contributed by atoms with Crippen molar-refractivity contribution >= 4 is 40.0 Å². The number of urea groups is 1. The SMILES string of the molecule is COCCC(NC(=O)c1cnccn1)Nc1cc(COc2ccc(NC(=O)Nc3cc(C(C)(C)C)nn3-c3ccc(C)cc3)c3ccccc23)ccn1. The van der Waals surface area contributed by atoms with Crippen molar-refractivity contribution in [3.05, 3.63) is 126 Å². The zero-order valence-corrected chi connectivity index (χ0v) is 30.4. The normalized spacial score (nSPS) is 11.9. The summed E-state index contributed by atoms with van der Waals surface area (Å²) in [4.78, 5) is 38.7. The summed E-state index contributed by atoms with van der Waals surface area (Å²) in [5.41, 5.74) is 4.32. The van der Waals surface area contributed by atoms with Crippen LogP contribution < -0.4 is 26.0 Å². The summed E-state index contributed by atoms with van der Waals surface area (Å²) < 4.78 is 13.3. The molecule has 13 nitrogen and oxygen atoms in total. The number of aryl methyl sites for hydroxylation is 1. The van der Waals surface area contributed by atoms with Crippen LogP contribution in [0.15, 0.2) is 104 Å². The second-order valence-corrected chi connectivity index (χ2v) is 13.5. The zero-order chi connectivity index (χ0) is 37.4. The molecule has 0 spiro atoms. The van der Waals surface area contributed by atoms with Gasteiger partial charge < -0.3 is 25.4 Å². The molecule has 0 aliphatic carbocycles. The van der Waals surface area contributed by atoms with E-state index < -0.39 is 12.2 Å². The summed E-state index contributed by atoms with van der Waals surface area (Å²) in [5, 5.41) is 18.7. The Morgan fingerprint density at radius 2 is 1.68 bits per heavy atom. The number of nitrogens with zero attached hydrogens (tertiary/aromatic N) is 5. The highest BCUT2D eigenvalue weighted by atomic mass is 16.5. The van der Waals surface area contributed by atoms with Gasteiger partial charge in [-0.2, -0.15) is 5.10 Å². The Bertz CT molecular complexity index is 2180. The monoisotopic (exact) mass is 713 g/mol. The highest BCUT2D eigenvalue weighted by Gasteiger charge is 2.22. The van der Waals surface area contributed by atoms with Crippen LogP contribution in [-0.2, 0) is 16.8 Å². The first-order valence-corrected chi connectivity index (χ1v) is 17.2. The number of hydrogen-bond donors (Lipinski definition) is 4. The van der Waals surface area contributed by atoms with Crippen LogP contribution in [0.2, 0.25) is 0 Å². The lowest BCUT2D eigenvalue weighted by atomic mass is 9.92. The van der Waals surface area contributed by atoms with Crippen molar-refractivity contribution in [1.82, 2.24) is 30.0 Å². The molecule has 0 aliphatic heterocycles. The van der Waals surface area contributed by atoms with Crippen molar-refractivity contribution in [1.29, 1.82) is 0 Å². The predicted molar refractivity (Wildman–Crippen MR) is 206 cm³/mol.